The Morgan fingerprint density at radius 2 is 1.86 bits per heavy atom. The zero-order valence-corrected chi connectivity index (χ0v) is 13.9. The van der Waals surface area contributed by atoms with E-state index >= 15 is 0 Å². The van der Waals surface area contributed by atoms with Gasteiger partial charge < -0.3 is 10.4 Å². The highest BCUT2D eigenvalue weighted by molar-refractivity contribution is 7.88. The molecule has 1 amide bonds. The lowest BCUT2D eigenvalue weighted by molar-refractivity contribution is -0.124. The summed E-state index contributed by atoms with van der Waals surface area (Å²) in [7, 11) is -3.45. The zero-order valence-electron chi connectivity index (χ0n) is 13.1. The number of carbonyl (C=O) groups is 1. The Bertz CT molecular complexity index is 436. The van der Waals surface area contributed by atoms with Gasteiger partial charge in [-0.05, 0) is 25.2 Å². The first-order valence-corrected chi connectivity index (χ1v) is 9.54. The summed E-state index contributed by atoms with van der Waals surface area (Å²) in [6.07, 6.45) is 5.34. The average molecular weight is 320 g/mol. The van der Waals surface area contributed by atoms with Crippen LogP contribution >= 0.6 is 0 Å². The van der Waals surface area contributed by atoms with Crippen molar-refractivity contribution in [2.45, 2.75) is 70.6 Å². The monoisotopic (exact) mass is 320 g/mol. The van der Waals surface area contributed by atoms with Crippen LogP contribution in [0.5, 0.6) is 0 Å². The molecule has 124 valence electrons. The quantitative estimate of drug-likeness (QED) is 0.630. The lowest BCUT2D eigenvalue weighted by Gasteiger charge is -2.25. The molecule has 1 aliphatic rings. The van der Waals surface area contributed by atoms with E-state index in [0.717, 1.165) is 31.9 Å². The second-order valence-electron chi connectivity index (χ2n) is 6.39. The lowest BCUT2D eigenvalue weighted by atomic mass is 10.0. The third-order valence-corrected chi connectivity index (χ3v) is 4.40. The molecule has 1 rings (SSSR count). The van der Waals surface area contributed by atoms with E-state index in [1.807, 2.05) is 13.8 Å². The van der Waals surface area contributed by atoms with Crippen molar-refractivity contribution in [3.8, 4) is 0 Å². The number of aliphatic hydroxyl groups is 1. The molecule has 6 nitrogen and oxygen atoms in total. The molecule has 0 aromatic rings. The van der Waals surface area contributed by atoms with Crippen molar-refractivity contribution in [3.05, 3.63) is 0 Å². The molecule has 0 bridgehead atoms. The molecule has 3 atom stereocenters. The van der Waals surface area contributed by atoms with Gasteiger partial charge in [0.05, 0.1) is 18.4 Å². The fraction of sp³-hybridized carbons (Fsp3) is 0.929. The van der Waals surface area contributed by atoms with Crippen molar-refractivity contribution in [1.29, 1.82) is 0 Å². The Hall–Kier alpha value is -0.660. The summed E-state index contributed by atoms with van der Waals surface area (Å²) in [5, 5.41) is 12.9. The molecule has 0 saturated heterocycles. The van der Waals surface area contributed by atoms with Crippen LogP contribution in [0, 0.1) is 5.92 Å². The Morgan fingerprint density at radius 1 is 1.24 bits per heavy atom. The first kappa shape index (κ1) is 18.4. The molecule has 1 saturated carbocycles. The van der Waals surface area contributed by atoms with Gasteiger partial charge in [-0.3, -0.25) is 4.79 Å². The van der Waals surface area contributed by atoms with Crippen molar-refractivity contribution < 1.29 is 18.3 Å². The lowest BCUT2D eigenvalue weighted by Crippen LogP contribution is -2.52. The van der Waals surface area contributed by atoms with Crippen LogP contribution in [0.4, 0.5) is 0 Å². The topological polar surface area (TPSA) is 95.5 Å². The molecule has 3 unspecified atom stereocenters. The van der Waals surface area contributed by atoms with Crippen LogP contribution in [-0.4, -0.2) is 43.9 Å². The number of carbonyl (C=O) groups excluding carboxylic acids is 1. The summed E-state index contributed by atoms with van der Waals surface area (Å²) in [6, 6.07) is -1.06. The minimum atomic E-state index is -3.45. The van der Waals surface area contributed by atoms with Gasteiger partial charge in [-0.1, -0.05) is 33.1 Å². The molecular formula is C14H28N2O4S. The summed E-state index contributed by atoms with van der Waals surface area (Å²) >= 11 is 0. The molecule has 21 heavy (non-hydrogen) atoms. The van der Waals surface area contributed by atoms with Crippen LogP contribution in [-0.2, 0) is 14.8 Å². The summed E-state index contributed by atoms with van der Waals surface area (Å²) in [4.78, 5) is 12.3. The fourth-order valence-corrected chi connectivity index (χ4v) is 3.40. The fourth-order valence-electron chi connectivity index (χ4n) is 2.68. The molecule has 7 heteroatoms. The minimum absolute atomic E-state index is 0.189. The minimum Gasteiger partial charge on any atom is -0.391 e. The van der Waals surface area contributed by atoms with E-state index in [-0.39, 0.29) is 17.9 Å². The highest BCUT2D eigenvalue weighted by Gasteiger charge is 2.28. The predicted octanol–water partition coefficient (Wildman–Crippen LogP) is 0.760. The van der Waals surface area contributed by atoms with Crippen LogP contribution in [0.2, 0.25) is 0 Å². The van der Waals surface area contributed by atoms with E-state index < -0.39 is 22.2 Å². The molecule has 0 aromatic carbocycles. The van der Waals surface area contributed by atoms with Crippen molar-refractivity contribution in [2.75, 3.05) is 6.26 Å². The second kappa shape index (κ2) is 8.10. The highest BCUT2D eigenvalue weighted by atomic mass is 32.2. The van der Waals surface area contributed by atoms with Crippen LogP contribution in [0.3, 0.4) is 0 Å². The maximum absolute atomic E-state index is 12.3. The summed E-state index contributed by atoms with van der Waals surface area (Å²) in [5.74, 6) is -0.158. The average Bonchev–Trinajstić information content (AvgIpc) is 2.52. The van der Waals surface area contributed by atoms with Crippen molar-refractivity contribution in [2.24, 2.45) is 5.92 Å². The van der Waals surface area contributed by atoms with Crippen molar-refractivity contribution >= 4 is 15.9 Å². The van der Waals surface area contributed by atoms with Crippen molar-refractivity contribution in [1.82, 2.24) is 10.0 Å². The van der Waals surface area contributed by atoms with Gasteiger partial charge in [-0.15, -0.1) is 0 Å². The van der Waals surface area contributed by atoms with E-state index in [2.05, 4.69) is 10.0 Å². The van der Waals surface area contributed by atoms with E-state index in [9.17, 15) is 18.3 Å². The van der Waals surface area contributed by atoms with Crippen LogP contribution < -0.4 is 10.0 Å². The first-order chi connectivity index (χ1) is 9.69. The number of amides is 1. The molecule has 3 N–H and O–H groups in total. The number of sulfonamides is 1. The van der Waals surface area contributed by atoms with Gasteiger partial charge in [0.25, 0.3) is 0 Å². The summed E-state index contributed by atoms with van der Waals surface area (Å²) in [5.41, 5.74) is 0. The van der Waals surface area contributed by atoms with Gasteiger partial charge in [0.15, 0.2) is 0 Å². The molecule has 1 aliphatic carbocycles. The summed E-state index contributed by atoms with van der Waals surface area (Å²) in [6.45, 7) is 3.87. The smallest absolute Gasteiger partial charge is 0.238 e. The van der Waals surface area contributed by atoms with Crippen LogP contribution in [0.25, 0.3) is 0 Å². The number of hydrogen-bond donors (Lipinski definition) is 3. The maximum Gasteiger partial charge on any atom is 0.238 e. The largest absolute Gasteiger partial charge is 0.391 e. The van der Waals surface area contributed by atoms with E-state index in [0.29, 0.717) is 12.8 Å². The summed E-state index contributed by atoms with van der Waals surface area (Å²) < 4.78 is 25.2. The molecule has 0 heterocycles. The SMILES string of the molecule is CC(C)CC(NS(C)(=O)=O)C(=O)NC1CCCCCC1O. The number of aliphatic hydroxyl groups excluding tert-OH is 1. The zero-order chi connectivity index (χ0) is 16.0. The maximum atomic E-state index is 12.3. The van der Waals surface area contributed by atoms with Gasteiger partial charge in [0.1, 0.15) is 6.04 Å². The normalized spacial score (nSPS) is 25.4. The first-order valence-electron chi connectivity index (χ1n) is 7.65. The molecule has 0 spiro atoms. The van der Waals surface area contributed by atoms with Crippen LogP contribution in [0.15, 0.2) is 0 Å². The van der Waals surface area contributed by atoms with Gasteiger partial charge in [0, 0.05) is 0 Å². The van der Waals surface area contributed by atoms with Gasteiger partial charge in [-0.25, -0.2) is 13.1 Å². The molecule has 0 aromatic heterocycles. The molecular weight excluding hydrogens is 292 g/mol. The van der Waals surface area contributed by atoms with Gasteiger partial charge in [-0.2, -0.15) is 0 Å². The molecule has 0 aliphatic heterocycles. The Morgan fingerprint density at radius 3 is 2.43 bits per heavy atom. The number of rotatable bonds is 6. The van der Waals surface area contributed by atoms with Crippen molar-refractivity contribution in [3.63, 3.8) is 0 Å². The second-order valence-corrected chi connectivity index (χ2v) is 8.17. The molecule has 0 radical (unpaired) electrons. The molecule has 1 fully saturated rings. The van der Waals surface area contributed by atoms with E-state index in [1.165, 1.54) is 0 Å². The predicted molar refractivity (Wildman–Crippen MR) is 82.2 cm³/mol. The number of nitrogens with one attached hydrogen (secondary N) is 2. The van der Waals surface area contributed by atoms with Gasteiger partial charge >= 0.3 is 0 Å². The van der Waals surface area contributed by atoms with Gasteiger partial charge in [0.2, 0.25) is 15.9 Å². The Balaban J connectivity index is 2.70. The van der Waals surface area contributed by atoms with E-state index in [1.54, 1.807) is 0 Å². The highest BCUT2D eigenvalue weighted by Crippen LogP contribution is 2.18. The third kappa shape index (κ3) is 7.24. The number of hydrogen-bond acceptors (Lipinski definition) is 4. The standard InChI is InChI=1S/C14H28N2O4S/c1-10(2)9-12(16-21(3,19)20)14(18)15-11-7-5-4-6-8-13(11)17/h10-13,16-17H,4-9H2,1-3H3,(H,15,18). The Labute approximate surface area is 127 Å². The van der Waals surface area contributed by atoms with E-state index in [4.69, 9.17) is 0 Å². The Kier molecular flexibility index (Phi) is 7.09. The van der Waals surface area contributed by atoms with Crippen LogP contribution in [0.1, 0.15) is 52.4 Å². The third-order valence-electron chi connectivity index (χ3n) is 3.69.